The lowest BCUT2D eigenvalue weighted by Gasteiger charge is -2.23. The molecule has 0 bridgehead atoms. The third kappa shape index (κ3) is 6.28. The fourth-order valence-corrected chi connectivity index (χ4v) is 5.36. The first-order chi connectivity index (χ1) is 15.9. The van der Waals surface area contributed by atoms with E-state index in [1.54, 1.807) is 24.3 Å². The Balaban J connectivity index is 1.78. The summed E-state index contributed by atoms with van der Waals surface area (Å²) in [6, 6.07) is 13.7. The van der Waals surface area contributed by atoms with Crippen molar-refractivity contribution in [3.05, 3.63) is 59.7 Å². The van der Waals surface area contributed by atoms with E-state index in [1.165, 1.54) is 11.3 Å². The minimum absolute atomic E-state index is 0.0892. The summed E-state index contributed by atoms with van der Waals surface area (Å²) in [6.07, 6.45) is 0.619. The second-order valence-corrected chi connectivity index (χ2v) is 12.2. The van der Waals surface area contributed by atoms with Crippen LogP contribution in [-0.2, 0) is 20.2 Å². The number of carbonyl (C=O) groups is 1. The first-order valence-corrected chi connectivity index (χ1v) is 13.5. The molecule has 0 saturated carbocycles. The molecule has 0 aliphatic carbocycles. The minimum atomic E-state index is -3.90. The molecule has 3 aromatic rings. The largest absolute Gasteiger partial charge is 0.299 e. The average molecular weight is 501 g/mol. The van der Waals surface area contributed by atoms with Gasteiger partial charge in [0, 0.05) is 5.56 Å². The SMILES string of the molecule is CCC(C)C(NS(=O)(=O)c1ccc(C(C)(C)C)cc1)C(=O)Nc1nnc(-c2ccc(C)cc2)s1. The molecule has 2 atom stereocenters. The van der Waals surface area contributed by atoms with Gasteiger partial charge in [-0.15, -0.1) is 10.2 Å². The van der Waals surface area contributed by atoms with Crippen LogP contribution in [0.4, 0.5) is 5.13 Å². The molecule has 2 N–H and O–H groups in total. The first kappa shape index (κ1) is 26.0. The number of anilines is 1. The molecule has 1 heterocycles. The van der Waals surface area contributed by atoms with E-state index in [9.17, 15) is 13.2 Å². The molecule has 0 saturated heterocycles. The van der Waals surface area contributed by atoms with E-state index in [4.69, 9.17) is 0 Å². The molecule has 182 valence electrons. The van der Waals surface area contributed by atoms with Gasteiger partial charge in [-0.3, -0.25) is 10.1 Å². The fraction of sp³-hybridized carbons (Fsp3) is 0.400. The number of sulfonamides is 1. The van der Waals surface area contributed by atoms with Gasteiger partial charge in [0.2, 0.25) is 21.1 Å². The van der Waals surface area contributed by atoms with Gasteiger partial charge in [0.05, 0.1) is 4.90 Å². The van der Waals surface area contributed by atoms with Crippen LogP contribution in [0, 0.1) is 12.8 Å². The van der Waals surface area contributed by atoms with Crippen LogP contribution in [0.15, 0.2) is 53.4 Å². The molecule has 3 rings (SSSR count). The van der Waals surface area contributed by atoms with Crippen LogP contribution in [-0.4, -0.2) is 30.6 Å². The molecule has 9 heteroatoms. The Morgan fingerprint density at radius 2 is 1.65 bits per heavy atom. The zero-order chi connectivity index (χ0) is 25.1. The van der Waals surface area contributed by atoms with Gasteiger partial charge in [0.1, 0.15) is 11.0 Å². The summed E-state index contributed by atoms with van der Waals surface area (Å²) in [5, 5.41) is 12.0. The quantitative estimate of drug-likeness (QED) is 0.446. The summed E-state index contributed by atoms with van der Waals surface area (Å²) in [4.78, 5) is 13.2. The number of carbonyl (C=O) groups excluding carboxylic acids is 1. The second-order valence-electron chi connectivity index (χ2n) is 9.53. The predicted octanol–water partition coefficient (Wildman–Crippen LogP) is 5.14. The van der Waals surface area contributed by atoms with Crippen LogP contribution in [0.25, 0.3) is 10.6 Å². The Bertz CT molecular complexity index is 1230. The molecule has 0 fully saturated rings. The summed E-state index contributed by atoms with van der Waals surface area (Å²) in [5.74, 6) is -0.691. The Hall–Kier alpha value is -2.62. The number of benzene rings is 2. The van der Waals surface area contributed by atoms with E-state index in [-0.39, 0.29) is 16.2 Å². The molecule has 0 radical (unpaired) electrons. The molecule has 34 heavy (non-hydrogen) atoms. The van der Waals surface area contributed by atoms with Crippen LogP contribution in [0.1, 0.15) is 52.2 Å². The smallest absolute Gasteiger partial charge is 0.244 e. The van der Waals surface area contributed by atoms with E-state index in [2.05, 4.69) is 41.0 Å². The minimum Gasteiger partial charge on any atom is -0.299 e. The van der Waals surface area contributed by atoms with Gasteiger partial charge >= 0.3 is 0 Å². The average Bonchev–Trinajstić information content (AvgIpc) is 3.25. The standard InChI is InChI=1S/C25H32N4O3S2/c1-7-17(3)21(29-34(31,32)20-14-12-19(13-15-20)25(4,5)6)22(30)26-24-28-27-23(33-24)18-10-8-16(2)9-11-18/h8-15,17,21,29H,7H2,1-6H3,(H,26,28,30). The molecule has 1 aromatic heterocycles. The molecule has 2 aromatic carbocycles. The molecule has 0 spiro atoms. The maximum absolute atomic E-state index is 13.1. The van der Waals surface area contributed by atoms with Crippen LogP contribution in [0.2, 0.25) is 0 Å². The van der Waals surface area contributed by atoms with Gasteiger partial charge in [0.15, 0.2) is 0 Å². The number of nitrogens with one attached hydrogen (secondary N) is 2. The Morgan fingerprint density at radius 1 is 1.03 bits per heavy atom. The van der Waals surface area contributed by atoms with Gasteiger partial charge in [-0.05, 0) is 36.0 Å². The van der Waals surface area contributed by atoms with Crippen molar-refractivity contribution in [3.63, 3.8) is 0 Å². The molecular formula is C25H32N4O3S2. The van der Waals surface area contributed by atoms with Crippen molar-refractivity contribution in [3.8, 4) is 10.6 Å². The topological polar surface area (TPSA) is 101 Å². The third-order valence-corrected chi connectivity index (χ3v) is 8.11. The number of amides is 1. The van der Waals surface area contributed by atoms with Crippen molar-refractivity contribution in [1.29, 1.82) is 0 Å². The van der Waals surface area contributed by atoms with Crippen molar-refractivity contribution < 1.29 is 13.2 Å². The highest BCUT2D eigenvalue weighted by Gasteiger charge is 2.30. The maximum atomic E-state index is 13.1. The van der Waals surface area contributed by atoms with E-state index in [0.29, 0.717) is 16.6 Å². The maximum Gasteiger partial charge on any atom is 0.244 e. The Kier molecular flexibility index (Phi) is 7.90. The van der Waals surface area contributed by atoms with Gasteiger partial charge in [-0.25, -0.2) is 8.42 Å². The van der Waals surface area contributed by atoms with Crippen molar-refractivity contribution in [2.75, 3.05) is 5.32 Å². The van der Waals surface area contributed by atoms with Crippen molar-refractivity contribution in [2.45, 2.75) is 64.3 Å². The molecule has 0 aliphatic heterocycles. The summed E-state index contributed by atoms with van der Waals surface area (Å²) in [5.41, 5.74) is 2.98. The molecule has 1 amide bonds. The highest BCUT2D eigenvalue weighted by Crippen LogP contribution is 2.27. The number of aryl methyl sites for hydroxylation is 1. The number of rotatable bonds is 8. The van der Waals surface area contributed by atoms with Crippen LogP contribution >= 0.6 is 11.3 Å². The predicted molar refractivity (Wildman–Crippen MR) is 137 cm³/mol. The van der Waals surface area contributed by atoms with Gasteiger partial charge in [0.25, 0.3) is 0 Å². The van der Waals surface area contributed by atoms with E-state index in [0.717, 1.165) is 16.7 Å². The molecule has 7 nitrogen and oxygen atoms in total. The van der Waals surface area contributed by atoms with Gasteiger partial charge in [-0.2, -0.15) is 4.72 Å². The van der Waals surface area contributed by atoms with E-state index < -0.39 is 22.0 Å². The van der Waals surface area contributed by atoms with Gasteiger partial charge < -0.3 is 0 Å². The molecule has 2 unspecified atom stereocenters. The second kappa shape index (κ2) is 10.3. The zero-order valence-corrected chi connectivity index (χ0v) is 22.0. The molecule has 0 aliphatic rings. The highest BCUT2D eigenvalue weighted by molar-refractivity contribution is 7.89. The Labute approximate surface area is 206 Å². The zero-order valence-electron chi connectivity index (χ0n) is 20.4. The van der Waals surface area contributed by atoms with E-state index >= 15 is 0 Å². The van der Waals surface area contributed by atoms with Crippen LogP contribution < -0.4 is 10.0 Å². The normalized spacial score (nSPS) is 13.9. The summed E-state index contributed by atoms with van der Waals surface area (Å²) in [7, 11) is -3.90. The number of aromatic nitrogens is 2. The van der Waals surface area contributed by atoms with Crippen LogP contribution in [0.3, 0.4) is 0 Å². The first-order valence-electron chi connectivity index (χ1n) is 11.2. The fourth-order valence-electron chi connectivity index (χ4n) is 3.30. The number of nitrogens with zero attached hydrogens (tertiary/aromatic N) is 2. The summed E-state index contributed by atoms with van der Waals surface area (Å²) >= 11 is 1.24. The number of hydrogen-bond acceptors (Lipinski definition) is 6. The lowest BCUT2D eigenvalue weighted by molar-refractivity contribution is -0.118. The molecular weight excluding hydrogens is 468 g/mol. The monoisotopic (exact) mass is 500 g/mol. The number of hydrogen-bond donors (Lipinski definition) is 2. The summed E-state index contributed by atoms with van der Waals surface area (Å²) in [6.45, 7) is 12.0. The highest BCUT2D eigenvalue weighted by atomic mass is 32.2. The lowest BCUT2D eigenvalue weighted by atomic mass is 9.87. The third-order valence-electron chi connectivity index (χ3n) is 5.76. The van der Waals surface area contributed by atoms with Crippen molar-refractivity contribution in [2.24, 2.45) is 5.92 Å². The lowest BCUT2D eigenvalue weighted by Crippen LogP contribution is -2.47. The van der Waals surface area contributed by atoms with E-state index in [1.807, 2.05) is 45.0 Å². The van der Waals surface area contributed by atoms with Gasteiger partial charge in [-0.1, -0.05) is 94.3 Å². The van der Waals surface area contributed by atoms with Crippen molar-refractivity contribution in [1.82, 2.24) is 14.9 Å². The van der Waals surface area contributed by atoms with Crippen molar-refractivity contribution >= 4 is 32.4 Å². The van der Waals surface area contributed by atoms with Crippen LogP contribution in [0.5, 0.6) is 0 Å². The Morgan fingerprint density at radius 3 is 2.21 bits per heavy atom. The summed E-state index contributed by atoms with van der Waals surface area (Å²) < 4.78 is 28.8.